The molecule has 7 heteroatoms. The third-order valence-electron chi connectivity index (χ3n) is 2.61. The highest BCUT2D eigenvalue weighted by Gasteiger charge is 2.19. The average Bonchev–Trinajstić information content (AvgIpc) is 2.80. The fraction of sp³-hybridized carbons (Fsp3) is 0.500. The highest BCUT2D eigenvalue weighted by atomic mass is 35.5. The molecule has 1 aromatic heterocycles. The summed E-state index contributed by atoms with van der Waals surface area (Å²) in [6.07, 6.45) is 2.36. The van der Waals surface area contributed by atoms with E-state index in [2.05, 4.69) is 10.3 Å². The molecule has 1 aliphatic rings. The second-order valence-corrected chi connectivity index (χ2v) is 4.33. The molecule has 0 bridgehead atoms. The molecule has 0 aliphatic carbocycles. The summed E-state index contributed by atoms with van der Waals surface area (Å²) in [5.41, 5.74) is -0.101. The summed E-state index contributed by atoms with van der Waals surface area (Å²) in [6, 6.07) is 1.29. The maximum absolute atomic E-state index is 10.8. The van der Waals surface area contributed by atoms with Crippen molar-refractivity contribution in [3.8, 4) is 0 Å². The monoisotopic (exact) mass is 257 g/mol. The highest BCUT2D eigenvalue weighted by Crippen LogP contribution is 2.25. The van der Waals surface area contributed by atoms with E-state index in [0.29, 0.717) is 19.1 Å². The minimum absolute atomic E-state index is 0.101. The van der Waals surface area contributed by atoms with Crippen LogP contribution in [0, 0.1) is 16.0 Å². The molecule has 17 heavy (non-hydrogen) atoms. The first-order valence-corrected chi connectivity index (χ1v) is 5.66. The summed E-state index contributed by atoms with van der Waals surface area (Å²) in [6.45, 7) is 2.06. The summed E-state index contributed by atoms with van der Waals surface area (Å²) < 4.78 is 5.23. The van der Waals surface area contributed by atoms with E-state index in [0.717, 1.165) is 13.0 Å². The molecular formula is C10H12ClN3O3. The third-order valence-corrected chi connectivity index (χ3v) is 2.82. The third kappa shape index (κ3) is 3.04. The second kappa shape index (κ2) is 5.29. The molecule has 2 heterocycles. The molecule has 1 fully saturated rings. The van der Waals surface area contributed by atoms with Gasteiger partial charge in [-0.1, -0.05) is 11.6 Å². The van der Waals surface area contributed by atoms with Gasteiger partial charge in [-0.15, -0.1) is 0 Å². The van der Waals surface area contributed by atoms with E-state index in [1.165, 1.54) is 12.3 Å². The molecule has 0 spiro atoms. The zero-order chi connectivity index (χ0) is 12.3. The first-order chi connectivity index (χ1) is 8.16. The van der Waals surface area contributed by atoms with E-state index in [1.54, 1.807) is 0 Å². The summed E-state index contributed by atoms with van der Waals surface area (Å²) in [7, 11) is 0. The molecule has 1 aliphatic heterocycles. The number of nitro groups is 1. The molecular weight excluding hydrogens is 246 g/mol. The Labute approximate surface area is 103 Å². The molecule has 2 rings (SSSR count). The molecule has 6 nitrogen and oxygen atoms in total. The van der Waals surface area contributed by atoms with Crippen LogP contribution in [0.5, 0.6) is 0 Å². The fourth-order valence-electron chi connectivity index (χ4n) is 1.69. The largest absolute Gasteiger partial charge is 0.381 e. The van der Waals surface area contributed by atoms with E-state index in [9.17, 15) is 10.1 Å². The minimum Gasteiger partial charge on any atom is -0.381 e. The van der Waals surface area contributed by atoms with Gasteiger partial charge in [-0.3, -0.25) is 10.1 Å². The first-order valence-electron chi connectivity index (χ1n) is 5.28. The molecule has 92 valence electrons. The standard InChI is InChI=1S/C10H12ClN3O3/c11-8-3-9(14(15)16)10(13-5-8)12-4-7-1-2-17-6-7/h3,5,7H,1-2,4,6H2,(H,12,13). The minimum atomic E-state index is -0.494. The second-order valence-electron chi connectivity index (χ2n) is 3.89. The number of hydrogen-bond donors (Lipinski definition) is 1. The van der Waals surface area contributed by atoms with Crippen LogP contribution in [0.3, 0.4) is 0 Å². The molecule has 0 saturated carbocycles. The smallest absolute Gasteiger partial charge is 0.312 e. The number of hydrogen-bond acceptors (Lipinski definition) is 5. The van der Waals surface area contributed by atoms with Gasteiger partial charge in [0.15, 0.2) is 0 Å². The Bertz CT molecular complexity index is 421. The lowest BCUT2D eigenvalue weighted by Crippen LogP contribution is -2.15. The SMILES string of the molecule is O=[N+]([O-])c1cc(Cl)cnc1NCC1CCOC1. The van der Waals surface area contributed by atoms with Crippen molar-refractivity contribution in [1.29, 1.82) is 0 Å². The van der Waals surface area contributed by atoms with E-state index in [4.69, 9.17) is 16.3 Å². The Kier molecular flexibility index (Phi) is 3.75. The quantitative estimate of drug-likeness (QED) is 0.660. The molecule has 1 saturated heterocycles. The Morgan fingerprint density at radius 2 is 2.53 bits per heavy atom. The van der Waals surface area contributed by atoms with Gasteiger partial charge in [0.25, 0.3) is 0 Å². The highest BCUT2D eigenvalue weighted by molar-refractivity contribution is 6.30. The van der Waals surface area contributed by atoms with Crippen LogP contribution < -0.4 is 5.32 Å². The Morgan fingerprint density at radius 1 is 1.71 bits per heavy atom. The van der Waals surface area contributed by atoms with Crippen molar-refractivity contribution in [2.45, 2.75) is 6.42 Å². The van der Waals surface area contributed by atoms with Crippen molar-refractivity contribution in [3.05, 3.63) is 27.4 Å². The predicted molar refractivity (Wildman–Crippen MR) is 63.3 cm³/mol. The number of ether oxygens (including phenoxy) is 1. The van der Waals surface area contributed by atoms with E-state index in [1.807, 2.05) is 0 Å². The number of pyridine rings is 1. The molecule has 0 amide bonds. The van der Waals surface area contributed by atoms with Gasteiger partial charge in [-0.25, -0.2) is 4.98 Å². The van der Waals surface area contributed by atoms with Crippen molar-refractivity contribution in [1.82, 2.24) is 4.98 Å². The summed E-state index contributed by atoms with van der Waals surface area (Å²) in [4.78, 5) is 14.3. The van der Waals surface area contributed by atoms with E-state index < -0.39 is 4.92 Å². The first kappa shape index (κ1) is 12.1. The molecule has 0 aromatic carbocycles. The average molecular weight is 258 g/mol. The maximum Gasteiger partial charge on any atom is 0.312 e. The number of aromatic nitrogens is 1. The van der Waals surface area contributed by atoms with Gasteiger partial charge in [-0.05, 0) is 6.42 Å². The Morgan fingerprint density at radius 3 is 3.18 bits per heavy atom. The van der Waals surface area contributed by atoms with Gasteiger partial charge < -0.3 is 10.1 Å². The van der Waals surface area contributed by atoms with Crippen molar-refractivity contribution >= 4 is 23.1 Å². The lowest BCUT2D eigenvalue weighted by atomic mass is 10.1. The lowest BCUT2D eigenvalue weighted by Gasteiger charge is -2.09. The van der Waals surface area contributed by atoms with Crippen LogP contribution in [-0.4, -0.2) is 29.7 Å². The lowest BCUT2D eigenvalue weighted by molar-refractivity contribution is -0.384. The van der Waals surface area contributed by atoms with Crippen LogP contribution >= 0.6 is 11.6 Å². The van der Waals surface area contributed by atoms with Gasteiger partial charge in [0.2, 0.25) is 5.82 Å². The Hall–Kier alpha value is -1.40. The van der Waals surface area contributed by atoms with Crippen molar-refractivity contribution in [2.24, 2.45) is 5.92 Å². The zero-order valence-corrected chi connectivity index (χ0v) is 9.81. The normalized spacial score (nSPS) is 19.2. The van der Waals surface area contributed by atoms with Crippen LogP contribution in [0.15, 0.2) is 12.3 Å². The van der Waals surface area contributed by atoms with Crippen LogP contribution in [-0.2, 0) is 4.74 Å². The van der Waals surface area contributed by atoms with Crippen LogP contribution in [0.1, 0.15) is 6.42 Å². The zero-order valence-electron chi connectivity index (χ0n) is 9.06. The summed E-state index contributed by atoms with van der Waals surface area (Å²) >= 11 is 5.67. The number of halogens is 1. The number of nitrogens with zero attached hydrogens (tertiary/aromatic N) is 2. The van der Waals surface area contributed by atoms with Gasteiger partial charge in [0.05, 0.1) is 16.6 Å². The molecule has 0 radical (unpaired) electrons. The van der Waals surface area contributed by atoms with E-state index >= 15 is 0 Å². The molecule has 1 N–H and O–H groups in total. The van der Waals surface area contributed by atoms with Crippen LogP contribution in [0.2, 0.25) is 5.02 Å². The summed E-state index contributed by atoms with van der Waals surface area (Å²) in [5.74, 6) is 0.637. The number of nitrogens with one attached hydrogen (secondary N) is 1. The Balaban J connectivity index is 2.06. The van der Waals surface area contributed by atoms with Gasteiger partial charge in [0, 0.05) is 31.3 Å². The summed E-state index contributed by atoms with van der Waals surface area (Å²) in [5, 5.41) is 14.0. The number of rotatable bonds is 4. The maximum atomic E-state index is 10.8. The van der Waals surface area contributed by atoms with E-state index in [-0.39, 0.29) is 16.5 Å². The molecule has 1 unspecified atom stereocenters. The van der Waals surface area contributed by atoms with Gasteiger partial charge in [0.1, 0.15) is 0 Å². The van der Waals surface area contributed by atoms with Crippen molar-refractivity contribution in [2.75, 3.05) is 25.1 Å². The van der Waals surface area contributed by atoms with Crippen molar-refractivity contribution in [3.63, 3.8) is 0 Å². The van der Waals surface area contributed by atoms with Crippen molar-refractivity contribution < 1.29 is 9.66 Å². The predicted octanol–water partition coefficient (Wildman–Crippen LogP) is 2.09. The van der Waals surface area contributed by atoms with Crippen LogP contribution in [0.4, 0.5) is 11.5 Å². The van der Waals surface area contributed by atoms with Gasteiger partial charge in [-0.2, -0.15) is 0 Å². The molecule has 1 aromatic rings. The fourth-order valence-corrected chi connectivity index (χ4v) is 1.84. The molecule has 1 atom stereocenters. The van der Waals surface area contributed by atoms with Crippen LogP contribution in [0.25, 0.3) is 0 Å². The topological polar surface area (TPSA) is 77.3 Å². The van der Waals surface area contributed by atoms with Gasteiger partial charge >= 0.3 is 5.69 Å². The number of anilines is 1.